The summed E-state index contributed by atoms with van der Waals surface area (Å²) in [7, 11) is 0. The zero-order valence-electron chi connectivity index (χ0n) is 50.2. The Balaban J connectivity index is 0.000000120. The van der Waals surface area contributed by atoms with Crippen LogP contribution in [0.4, 0.5) is 17.1 Å². The van der Waals surface area contributed by atoms with Crippen LogP contribution in [0.5, 0.6) is 0 Å². The molecule has 0 fully saturated rings. The first-order chi connectivity index (χ1) is 43.6. The highest BCUT2D eigenvalue weighted by Gasteiger charge is 2.37. The maximum atomic E-state index is 3.66. The molecule has 0 spiro atoms. The van der Waals surface area contributed by atoms with E-state index in [1.807, 2.05) is 0 Å². The number of para-hydroxylation sites is 6. The molecular formula is C83H64BrN5. The van der Waals surface area contributed by atoms with Crippen LogP contribution in [0, 0.1) is 0 Å². The first-order valence-electron chi connectivity index (χ1n) is 30.8. The first kappa shape index (κ1) is 54.0. The second-order valence-corrected chi connectivity index (χ2v) is 25.6. The van der Waals surface area contributed by atoms with E-state index in [9.17, 15) is 0 Å². The van der Waals surface area contributed by atoms with Crippen molar-refractivity contribution in [3.63, 3.8) is 0 Å². The molecular weight excluding hydrogens is 1150 g/mol. The molecule has 5 nitrogen and oxygen atoms in total. The van der Waals surface area contributed by atoms with Gasteiger partial charge in [-0.2, -0.15) is 0 Å². The van der Waals surface area contributed by atoms with Gasteiger partial charge in [-0.1, -0.05) is 226 Å². The Morgan fingerprint density at radius 3 is 1.16 bits per heavy atom. The number of benzene rings is 12. The third-order valence-corrected chi connectivity index (χ3v) is 19.3. The number of fused-ring (bicyclic) bond motifs is 14. The van der Waals surface area contributed by atoms with Gasteiger partial charge in [0.05, 0.1) is 44.5 Å². The van der Waals surface area contributed by atoms with Crippen molar-refractivity contribution in [1.82, 2.24) is 18.3 Å². The number of anilines is 3. The average Bonchev–Trinajstić information content (AvgIpc) is 1.73. The number of aromatic nitrogens is 4. The molecule has 0 atom stereocenters. The summed E-state index contributed by atoms with van der Waals surface area (Å²) in [6.45, 7) is 9.32. The summed E-state index contributed by atoms with van der Waals surface area (Å²) in [6, 6.07) is 105. The lowest BCUT2D eigenvalue weighted by Crippen LogP contribution is -2.30. The molecule has 0 saturated heterocycles. The molecule has 89 heavy (non-hydrogen) atoms. The summed E-state index contributed by atoms with van der Waals surface area (Å²) in [4.78, 5) is 2.45. The van der Waals surface area contributed by atoms with Crippen LogP contribution in [0.1, 0.15) is 61.1 Å². The molecule has 18 rings (SSSR count). The van der Waals surface area contributed by atoms with Crippen molar-refractivity contribution in [2.24, 2.45) is 0 Å². The van der Waals surface area contributed by atoms with Crippen LogP contribution in [0.25, 0.3) is 88.2 Å². The van der Waals surface area contributed by atoms with E-state index in [0.29, 0.717) is 0 Å². The van der Waals surface area contributed by atoms with Gasteiger partial charge in [0.1, 0.15) is 0 Å². The van der Waals surface area contributed by atoms with E-state index in [-0.39, 0.29) is 10.8 Å². The van der Waals surface area contributed by atoms with Crippen LogP contribution >= 0.6 is 15.9 Å². The fraction of sp³-hybridized carbons (Fsp3) is 0.0843. The van der Waals surface area contributed by atoms with Gasteiger partial charge in [0.2, 0.25) is 0 Å². The molecule has 0 unspecified atom stereocenters. The van der Waals surface area contributed by atoms with E-state index in [0.717, 1.165) is 22.3 Å². The summed E-state index contributed by atoms with van der Waals surface area (Å²) in [5.41, 5.74) is 24.2. The predicted octanol–water partition coefficient (Wildman–Crippen LogP) is 22.2. The van der Waals surface area contributed by atoms with Crippen LogP contribution in [0.2, 0.25) is 0 Å². The Labute approximate surface area is 527 Å². The van der Waals surface area contributed by atoms with Crippen LogP contribution in [0.15, 0.2) is 308 Å². The lowest BCUT2D eigenvalue weighted by atomic mass is 9.69. The summed E-state index contributed by atoms with van der Waals surface area (Å²) in [5, 5.41) is 7.45. The van der Waals surface area contributed by atoms with Crippen molar-refractivity contribution in [2.45, 2.75) is 44.9 Å². The van der Waals surface area contributed by atoms with Gasteiger partial charge in [0.15, 0.2) is 0 Å². The van der Waals surface area contributed by atoms with Crippen molar-refractivity contribution in [3.8, 4) is 22.7 Å². The zero-order valence-corrected chi connectivity index (χ0v) is 51.8. The van der Waals surface area contributed by atoms with E-state index in [2.05, 4.69) is 370 Å². The molecule has 12 aromatic carbocycles. The third-order valence-electron chi connectivity index (χ3n) is 18.9. The molecule has 1 aliphatic heterocycles. The highest BCUT2D eigenvalue weighted by atomic mass is 79.9. The van der Waals surface area contributed by atoms with Crippen molar-refractivity contribution in [2.75, 3.05) is 4.90 Å². The lowest BCUT2D eigenvalue weighted by Gasteiger charge is -2.42. The monoisotopic (exact) mass is 1210 g/mol. The second-order valence-electron chi connectivity index (χ2n) is 24.7. The lowest BCUT2D eigenvalue weighted by molar-refractivity contribution is 0.610. The second kappa shape index (κ2) is 21.5. The van der Waals surface area contributed by atoms with E-state index >= 15 is 0 Å². The number of hydrogen-bond donors (Lipinski definition) is 0. The molecule has 0 radical (unpaired) electrons. The summed E-state index contributed by atoms with van der Waals surface area (Å²) in [6.07, 6.45) is 5.44. The van der Waals surface area contributed by atoms with Crippen molar-refractivity contribution in [3.05, 3.63) is 341 Å². The molecule has 428 valence electrons. The standard InChI is InChI=1S/C41H31N3.C26H17BrN2.C16H16/c1-41(2)34-17-9-11-19-37(34)43(38-20-12-10-18-35(38)41)31-22-24-36-33(27-31)32-23-21-28-25-26-42(29-13-5-3-6-14-29)39(28)40(32)44(36)30-15-7-4-8-16-30;27-19-12-14-24-23(17-19)22-13-11-18-15-16-28(20-7-3-1-4-8-20)25(18)26(22)29(24)21-9-5-2-6-10-21;1-16(2)14-9-5-3-7-12(14)11-13-8-4-6-10-15(13)16/h3-27H,1-2H3;1-17H;3-10H,11H2,1-2H3. The minimum Gasteiger partial charge on any atom is -0.315 e. The van der Waals surface area contributed by atoms with Crippen molar-refractivity contribution >= 4 is 98.4 Å². The number of rotatable bonds is 5. The highest BCUT2D eigenvalue weighted by Crippen LogP contribution is 2.53. The van der Waals surface area contributed by atoms with Gasteiger partial charge in [0.25, 0.3) is 0 Å². The smallest absolute Gasteiger partial charge is 0.0788 e. The Morgan fingerprint density at radius 2 is 0.685 bits per heavy atom. The van der Waals surface area contributed by atoms with Gasteiger partial charge in [-0.25, -0.2) is 0 Å². The zero-order chi connectivity index (χ0) is 60.0. The number of nitrogens with zero attached hydrogens (tertiary/aromatic N) is 5. The highest BCUT2D eigenvalue weighted by molar-refractivity contribution is 9.10. The summed E-state index contributed by atoms with van der Waals surface area (Å²) >= 11 is 3.66. The molecule has 16 aromatic rings. The first-order valence-corrected chi connectivity index (χ1v) is 31.6. The van der Waals surface area contributed by atoms with Crippen LogP contribution in [-0.4, -0.2) is 18.3 Å². The van der Waals surface area contributed by atoms with Gasteiger partial charge < -0.3 is 23.2 Å². The van der Waals surface area contributed by atoms with E-state index in [1.165, 1.54) is 127 Å². The molecule has 0 N–H and O–H groups in total. The Bertz CT molecular complexity index is 5260. The Kier molecular flexibility index (Phi) is 13.0. The fourth-order valence-electron chi connectivity index (χ4n) is 14.7. The topological polar surface area (TPSA) is 23.0 Å². The molecule has 2 aliphatic rings. The van der Waals surface area contributed by atoms with Crippen LogP contribution < -0.4 is 4.90 Å². The van der Waals surface area contributed by atoms with E-state index < -0.39 is 0 Å². The molecule has 0 amide bonds. The Morgan fingerprint density at radius 1 is 0.303 bits per heavy atom. The normalized spacial score (nSPS) is 13.6. The maximum Gasteiger partial charge on any atom is 0.0788 e. The molecule has 0 bridgehead atoms. The summed E-state index contributed by atoms with van der Waals surface area (Å²) in [5.74, 6) is 0. The number of halogens is 1. The fourth-order valence-corrected chi connectivity index (χ4v) is 15.1. The van der Waals surface area contributed by atoms with E-state index in [4.69, 9.17) is 0 Å². The van der Waals surface area contributed by atoms with Gasteiger partial charge in [-0.3, -0.25) is 0 Å². The largest absolute Gasteiger partial charge is 0.315 e. The number of hydrogen-bond acceptors (Lipinski definition) is 1. The maximum absolute atomic E-state index is 3.66. The van der Waals surface area contributed by atoms with Crippen molar-refractivity contribution in [1.29, 1.82) is 0 Å². The van der Waals surface area contributed by atoms with Crippen LogP contribution in [0.3, 0.4) is 0 Å². The van der Waals surface area contributed by atoms with Gasteiger partial charge in [-0.15, -0.1) is 0 Å². The van der Waals surface area contributed by atoms with Gasteiger partial charge >= 0.3 is 0 Å². The van der Waals surface area contributed by atoms with Crippen LogP contribution in [-0.2, 0) is 17.3 Å². The van der Waals surface area contributed by atoms with Crippen molar-refractivity contribution < 1.29 is 0 Å². The predicted molar refractivity (Wildman–Crippen MR) is 378 cm³/mol. The Hall–Kier alpha value is -10.4. The average molecular weight is 1210 g/mol. The van der Waals surface area contributed by atoms with Gasteiger partial charge in [0, 0.05) is 88.5 Å². The molecule has 5 heterocycles. The SMILES string of the molecule is Brc1ccc2c(c1)c1ccc3ccn(-c4ccccc4)c3c1n2-c1ccccc1.CC1(C)c2ccccc2Cc2ccccc21.CC1(C)c2ccccc2N(c2ccc3c(c2)c2ccc4ccn(-c5ccccc5)c4c2n3-c2ccccc2)c2ccccc21. The molecule has 1 aliphatic carbocycles. The molecule has 0 saturated carbocycles. The summed E-state index contributed by atoms with van der Waals surface area (Å²) < 4.78 is 10.5. The molecule has 6 heteroatoms. The third kappa shape index (κ3) is 8.87. The quantitative estimate of drug-likeness (QED) is 0.168. The molecule has 4 aromatic heterocycles. The minimum absolute atomic E-state index is 0.0917. The minimum atomic E-state index is -0.0917. The van der Waals surface area contributed by atoms with Gasteiger partial charge in [-0.05, 0) is 149 Å². The van der Waals surface area contributed by atoms with E-state index in [1.54, 1.807) is 0 Å².